The third-order valence-electron chi connectivity index (χ3n) is 7.27. The molecule has 0 bridgehead atoms. The zero-order chi connectivity index (χ0) is 32.7. The largest absolute Gasteiger partial charge is 0.465 e. The normalized spacial score (nSPS) is 11.9. The van der Waals surface area contributed by atoms with Crippen LogP contribution in [0.5, 0.6) is 0 Å². The summed E-state index contributed by atoms with van der Waals surface area (Å²) in [6.07, 6.45) is 5.10. The minimum atomic E-state index is -1.22. The van der Waals surface area contributed by atoms with Crippen molar-refractivity contribution in [3.63, 3.8) is 0 Å². The van der Waals surface area contributed by atoms with Crippen molar-refractivity contribution in [1.29, 1.82) is 0 Å². The van der Waals surface area contributed by atoms with E-state index in [0.29, 0.717) is 24.0 Å². The number of carbonyl (C=O) groups is 3. The predicted octanol–water partition coefficient (Wildman–Crippen LogP) is 4.16. The van der Waals surface area contributed by atoms with Crippen LogP contribution in [0.4, 0.5) is 19.4 Å². The molecule has 11 nitrogen and oxygen atoms in total. The molecule has 0 unspecified atom stereocenters. The maximum absolute atomic E-state index is 14.1. The second kappa shape index (κ2) is 14.4. The lowest BCUT2D eigenvalue weighted by atomic mass is 10.0. The van der Waals surface area contributed by atoms with Gasteiger partial charge < -0.3 is 29.4 Å². The van der Waals surface area contributed by atoms with Crippen molar-refractivity contribution >= 4 is 34.6 Å². The topological polar surface area (TPSA) is 130 Å². The summed E-state index contributed by atoms with van der Waals surface area (Å²) in [6, 6.07) is 12.1. The molecule has 0 aliphatic carbocycles. The van der Waals surface area contributed by atoms with Gasteiger partial charge in [0.05, 0.1) is 12.5 Å². The standard InChI is InChI=1S/C32H34F2N6O5/c1-37(2)28(41)7-5-4-6-22(19-38(3)32(44)45)30(42)36-29-31(43)39(15-14-35-29)20-26-17-23-16-25(34)12-13-27(23)40(26)18-21-8-10-24(33)11-9-21/h5,7-17,22H,4,6,18-20H2,1-3H3,(H,44,45)(H,35,36,42)/b7-5+/t22-/m0/s1. The van der Waals surface area contributed by atoms with Crippen LogP contribution in [0, 0.1) is 17.6 Å². The molecule has 0 aliphatic rings. The molecule has 0 spiro atoms. The summed E-state index contributed by atoms with van der Waals surface area (Å²) in [4.78, 5) is 56.4. The van der Waals surface area contributed by atoms with Gasteiger partial charge >= 0.3 is 6.09 Å². The van der Waals surface area contributed by atoms with Gasteiger partial charge in [0.2, 0.25) is 11.8 Å². The van der Waals surface area contributed by atoms with Crippen molar-refractivity contribution in [2.24, 2.45) is 5.92 Å². The van der Waals surface area contributed by atoms with E-state index >= 15 is 0 Å². The quantitative estimate of drug-likeness (QED) is 0.229. The summed E-state index contributed by atoms with van der Waals surface area (Å²) < 4.78 is 30.8. The molecule has 4 aromatic rings. The number of carbonyl (C=O) groups excluding carboxylic acids is 2. The molecule has 0 saturated carbocycles. The summed E-state index contributed by atoms with van der Waals surface area (Å²) in [5, 5.41) is 12.5. The smallest absolute Gasteiger partial charge is 0.407 e. The van der Waals surface area contributed by atoms with Crippen LogP contribution < -0.4 is 10.9 Å². The molecule has 0 saturated heterocycles. The van der Waals surface area contributed by atoms with Crippen LogP contribution in [0.3, 0.4) is 0 Å². The fourth-order valence-electron chi connectivity index (χ4n) is 4.78. The monoisotopic (exact) mass is 620 g/mol. The second-order valence-corrected chi connectivity index (χ2v) is 10.8. The van der Waals surface area contributed by atoms with E-state index in [4.69, 9.17) is 0 Å². The average molecular weight is 621 g/mol. The molecule has 2 aromatic heterocycles. The first-order chi connectivity index (χ1) is 21.4. The highest BCUT2D eigenvalue weighted by atomic mass is 19.1. The summed E-state index contributed by atoms with van der Waals surface area (Å²) >= 11 is 0. The predicted molar refractivity (Wildman–Crippen MR) is 165 cm³/mol. The van der Waals surface area contributed by atoms with Crippen LogP contribution in [0.25, 0.3) is 10.9 Å². The molecular weight excluding hydrogens is 586 g/mol. The summed E-state index contributed by atoms with van der Waals surface area (Å²) in [6.45, 7) is 0.247. The Bertz CT molecular complexity index is 1780. The number of likely N-dealkylation sites (N-methyl/N-ethyl adjacent to an activating group) is 1. The molecule has 3 amide bonds. The molecule has 236 valence electrons. The minimum absolute atomic E-state index is 0.0532. The Balaban J connectivity index is 1.58. The lowest BCUT2D eigenvalue weighted by molar-refractivity contribution is -0.123. The van der Waals surface area contributed by atoms with Crippen LogP contribution in [0.15, 0.2) is 77.9 Å². The van der Waals surface area contributed by atoms with Crippen LogP contribution >= 0.6 is 0 Å². The Hall–Kier alpha value is -5.33. The third kappa shape index (κ3) is 8.40. The van der Waals surface area contributed by atoms with Crippen molar-refractivity contribution in [3.8, 4) is 0 Å². The van der Waals surface area contributed by atoms with E-state index in [2.05, 4.69) is 10.3 Å². The van der Waals surface area contributed by atoms with Crippen molar-refractivity contribution in [2.45, 2.75) is 25.9 Å². The fraction of sp³-hybridized carbons (Fsp3) is 0.281. The Morgan fingerprint density at radius 1 is 1.02 bits per heavy atom. The van der Waals surface area contributed by atoms with Crippen LogP contribution in [0.2, 0.25) is 0 Å². The van der Waals surface area contributed by atoms with Crippen molar-refractivity contribution in [3.05, 3.63) is 106 Å². The van der Waals surface area contributed by atoms with Gasteiger partial charge in [-0.3, -0.25) is 14.4 Å². The Kier molecular flexibility index (Phi) is 10.4. The number of nitrogens with one attached hydrogen (secondary N) is 1. The van der Waals surface area contributed by atoms with E-state index in [1.165, 1.54) is 59.2 Å². The summed E-state index contributed by atoms with van der Waals surface area (Å²) in [5.41, 5.74) is 1.58. The molecule has 2 N–H and O–H groups in total. The number of benzene rings is 2. The number of amides is 3. The summed E-state index contributed by atoms with van der Waals surface area (Å²) in [5.74, 6) is -2.69. The van der Waals surface area contributed by atoms with E-state index in [1.54, 1.807) is 44.4 Å². The van der Waals surface area contributed by atoms with Gasteiger partial charge in [0.25, 0.3) is 5.56 Å². The first-order valence-electron chi connectivity index (χ1n) is 14.1. The number of fused-ring (bicyclic) bond motifs is 1. The van der Waals surface area contributed by atoms with Gasteiger partial charge in [0.15, 0.2) is 5.82 Å². The first-order valence-corrected chi connectivity index (χ1v) is 14.1. The third-order valence-corrected chi connectivity index (χ3v) is 7.27. The number of nitrogens with zero attached hydrogens (tertiary/aromatic N) is 5. The highest BCUT2D eigenvalue weighted by molar-refractivity contribution is 5.92. The first kappa shape index (κ1) is 32.6. The lowest BCUT2D eigenvalue weighted by Gasteiger charge is -2.21. The number of aromatic nitrogens is 3. The number of hydrogen-bond acceptors (Lipinski definition) is 5. The Labute approximate surface area is 258 Å². The molecule has 1 atom stereocenters. The van der Waals surface area contributed by atoms with Crippen LogP contribution in [-0.2, 0) is 22.7 Å². The van der Waals surface area contributed by atoms with E-state index in [9.17, 15) is 33.1 Å². The van der Waals surface area contributed by atoms with Gasteiger partial charge in [0.1, 0.15) is 11.6 Å². The molecule has 45 heavy (non-hydrogen) atoms. The number of allylic oxidation sites excluding steroid dienone is 1. The number of rotatable bonds is 12. The summed E-state index contributed by atoms with van der Waals surface area (Å²) in [7, 11) is 4.55. The number of halogens is 2. The number of carboxylic acid groups (broad SMARTS) is 1. The molecule has 13 heteroatoms. The number of hydrogen-bond donors (Lipinski definition) is 2. The van der Waals surface area contributed by atoms with E-state index in [-0.39, 0.29) is 37.1 Å². The highest BCUT2D eigenvalue weighted by Crippen LogP contribution is 2.23. The lowest BCUT2D eigenvalue weighted by Crippen LogP contribution is -2.38. The SMILES string of the molecule is CN(C)C(=O)/C=C/CC[C@@H](CN(C)C(=O)O)C(=O)Nc1nccn(Cc2cc3cc(F)ccc3n2Cc2ccc(F)cc2)c1=O. The van der Waals surface area contributed by atoms with Gasteiger partial charge in [-0.2, -0.15) is 0 Å². The van der Waals surface area contributed by atoms with Crippen LogP contribution in [0.1, 0.15) is 24.1 Å². The van der Waals surface area contributed by atoms with Gasteiger partial charge in [-0.1, -0.05) is 18.2 Å². The van der Waals surface area contributed by atoms with Gasteiger partial charge in [-0.15, -0.1) is 0 Å². The molecule has 0 fully saturated rings. The molecule has 0 aliphatic heterocycles. The van der Waals surface area contributed by atoms with E-state index < -0.39 is 29.3 Å². The Morgan fingerprint density at radius 2 is 1.73 bits per heavy atom. The van der Waals surface area contributed by atoms with Crippen molar-refractivity contribution in [2.75, 3.05) is 33.0 Å². The average Bonchev–Trinajstić information content (AvgIpc) is 3.32. The van der Waals surface area contributed by atoms with Crippen molar-refractivity contribution in [1.82, 2.24) is 23.9 Å². The number of anilines is 1. The maximum atomic E-state index is 14.1. The molecular formula is C32H34F2N6O5. The Morgan fingerprint density at radius 3 is 2.42 bits per heavy atom. The maximum Gasteiger partial charge on any atom is 0.407 e. The highest BCUT2D eigenvalue weighted by Gasteiger charge is 2.24. The molecule has 2 heterocycles. The van der Waals surface area contributed by atoms with Crippen molar-refractivity contribution < 1.29 is 28.3 Å². The second-order valence-electron chi connectivity index (χ2n) is 10.8. The van der Waals surface area contributed by atoms with E-state index in [0.717, 1.165) is 16.0 Å². The van der Waals surface area contributed by atoms with Crippen LogP contribution in [-0.4, -0.2) is 74.6 Å². The molecule has 4 rings (SSSR count). The van der Waals surface area contributed by atoms with Gasteiger partial charge in [-0.05, 0) is 60.9 Å². The van der Waals surface area contributed by atoms with Gasteiger partial charge in [-0.25, -0.2) is 18.6 Å². The fourth-order valence-corrected chi connectivity index (χ4v) is 4.78. The zero-order valence-electron chi connectivity index (χ0n) is 25.1. The van der Waals surface area contributed by atoms with Gasteiger partial charge in [0, 0.05) is 63.2 Å². The van der Waals surface area contributed by atoms with E-state index in [1.807, 2.05) is 4.57 Å². The molecule has 2 aromatic carbocycles. The molecule has 0 radical (unpaired) electrons. The minimum Gasteiger partial charge on any atom is -0.465 e. The zero-order valence-corrected chi connectivity index (χ0v) is 25.1.